The van der Waals surface area contributed by atoms with Crippen LogP contribution in [0.4, 0.5) is 15.8 Å². The molecular formula is C27H26FN3O4S. The number of carbonyl (C=O) groups excluding carboxylic acids is 2. The van der Waals surface area contributed by atoms with Crippen molar-refractivity contribution in [1.82, 2.24) is 4.90 Å². The van der Waals surface area contributed by atoms with Gasteiger partial charge in [0.15, 0.2) is 5.17 Å². The Bertz CT molecular complexity index is 1230. The number of carbonyl (C=O) groups is 2. The van der Waals surface area contributed by atoms with Crippen LogP contribution in [0.5, 0.6) is 11.5 Å². The number of hydrogen-bond acceptors (Lipinski definition) is 6. The predicted octanol–water partition coefficient (Wildman–Crippen LogP) is 5.05. The minimum Gasteiger partial charge on any atom is -0.497 e. The van der Waals surface area contributed by atoms with Crippen molar-refractivity contribution in [3.05, 3.63) is 84.2 Å². The average molecular weight is 508 g/mol. The van der Waals surface area contributed by atoms with Crippen LogP contribution in [-0.4, -0.2) is 47.9 Å². The molecule has 3 aromatic carbocycles. The van der Waals surface area contributed by atoms with Crippen LogP contribution in [0.1, 0.15) is 12.0 Å². The maximum atomic E-state index is 13.2. The third-order valence-electron chi connectivity index (χ3n) is 5.62. The van der Waals surface area contributed by atoms with Crippen LogP contribution in [0.2, 0.25) is 0 Å². The molecule has 1 aliphatic heterocycles. The number of anilines is 1. The first-order valence-electron chi connectivity index (χ1n) is 11.3. The van der Waals surface area contributed by atoms with E-state index < -0.39 is 11.1 Å². The molecule has 1 aliphatic rings. The Morgan fingerprint density at radius 1 is 1.00 bits per heavy atom. The second-order valence-electron chi connectivity index (χ2n) is 8.04. The van der Waals surface area contributed by atoms with Gasteiger partial charge in [-0.1, -0.05) is 23.9 Å². The third-order valence-corrected chi connectivity index (χ3v) is 6.81. The number of amidine groups is 1. The number of nitrogens with zero attached hydrogens (tertiary/aromatic N) is 2. The highest BCUT2D eigenvalue weighted by Gasteiger charge is 2.35. The molecule has 1 heterocycles. The second-order valence-corrected chi connectivity index (χ2v) is 9.21. The summed E-state index contributed by atoms with van der Waals surface area (Å²) in [5.41, 5.74) is 2.15. The lowest BCUT2D eigenvalue weighted by Crippen LogP contribution is -2.46. The Kier molecular flexibility index (Phi) is 8.22. The number of halogens is 1. The molecule has 0 aliphatic carbocycles. The lowest BCUT2D eigenvalue weighted by atomic mass is 10.1. The number of thioether (sulfide) groups is 1. The quantitative estimate of drug-likeness (QED) is 0.462. The number of hydrogen-bond donors (Lipinski definition) is 1. The van der Waals surface area contributed by atoms with Crippen LogP contribution in [0.3, 0.4) is 0 Å². The summed E-state index contributed by atoms with van der Waals surface area (Å²) in [4.78, 5) is 32.5. The van der Waals surface area contributed by atoms with Gasteiger partial charge in [0, 0.05) is 18.7 Å². The van der Waals surface area contributed by atoms with Gasteiger partial charge in [0.1, 0.15) is 22.6 Å². The standard InChI is InChI=1S/C27H26FN3O4S/c1-34-22-11-3-18(4-12-22)15-16-31-25(32)17-24(26(33)29-20-7-5-19(28)6-8-20)36-27(31)30-21-9-13-23(35-2)14-10-21/h3-14,24H,15-17H2,1-2H3,(H,29,33). The van der Waals surface area contributed by atoms with Crippen molar-refractivity contribution in [3.8, 4) is 11.5 Å². The van der Waals surface area contributed by atoms with Crippen LogP contribution in [0.25, 0.3) is 0 Å². The van der Waals surface area contributed by atoms with Gasteiger partial charge in [-0.25, -0.2) is 9.38 Å². The molecule has 0 aromatic heterocycles. The van der Waals surface area contributed by atoms with Gasteiger partial charge >= 0.3 is 0 Å². The molecule has 0 spiro atoms. The molecule has 9 heteroatoms. The van der Waals surface area contributed by atoms with Crippen LogP contribution < -0.4 is 14.8 Å². The van der Waals surface area contributed by atoms with Crippen molar-refractivity contribution >= 4 is 40.1 Å². The van der Waals surface area contributed by atoms with Crippen LogP contribution in [0, 0.1) is 5.82 Å². The summed E-state index contributed by atoms with van der Waals surface area (Å²) in [5.74, 6) is 0.543. The van der Waals surface area contributed by atoms with E-state index in [1.54, 1.807) is 43.4 Å². The van der Waals surface area contributed by atoms with Crippen molar-refractivity contribution in [2.45, 2.75) is 18.1 Å². The molecule has 4 rings (SSSR count). The zero-order valence-corrected chi connectivity index (χ0v) is 20.8. The highest BCUT2D eigenvalue weighted by molar-refractivity contribution is 8.15. The Labute approximate surface area is 213 Å². The monoisotopic (exact) mass is 507 g/mol. The molecule has 0 radical (unpaired) electrons. The number of rotatable bonds is 8. The third kappa shape index (κ3) is 6.42. The SMILES string of the molecule is COc1ccc(CCN2C(=O)CC(C(=O)Nc3ccc(F)cc3)SC2=Nc2ccc(OC)cc2)cc1. The number of amides is 2. The number of methoxy groups -OCH3 is 2. The fraction of sp³-hybridized carbons (Fsp3) is 0.222. The molecule has 7 nitrogen and oxygen atoms in total. The van der Waals surface area contributed by atoms with E-state index >= 15 is 0 Å². The molecule has 3 aromatic rings. The van der Waals surface area contributed by atoms with E-state index in [1.165, 1.54) is 36.0 Å². The van der Waals surface area contributed by atoms with E-state index in [9.17, 15) is 14.0 Å². The van der Waals surface area contributed by atoms with Gasteiger partial charge in [-0.05, 0) is 72.6 Å². The number of nitrogens with one attached hydrogen (secondary N) is 1. The number of benzene rings is 3. The fourth-order valence-corrected chi connectivity index (χ4v) is 4.74. The minimum absolute atomic E-state index is 0.0297. The first-order valence-corrected chi connectivity index (χ1v) is 12.2. The minimum atomic E-state index is -0.670. The summed E-state index contributed by atoms with van der Waals surface area (Å²) < 4.78 is 23.6. The molecule has 0 saturated carbocycles. The average Bonchev–Trinajstić information content (AvgIpc) is 2.90. The smallest absolute Gasteiger partial charge is 0.238 e. The molecular weight excluding hydrogens is 481 g/mol. The fourth-order valence-electron chi connectivity index (χ4n) is 3.62. The molecule has 0 bridgehead atoms. The van der Waals surface area contributed by atoms with Gasteiger partial charge < -0.3 is 14.8 Å². The van der Waals surface area contributed by atoms with Gasteiger partial charge in [0.25, 0.3) is 0 Å². The predicted molar refractivity (Wildman–Crippen MR) is 140 cm³/mol. The van der Waals surface area contributed by atoms with Gasteiger partial charge in [-0.2, -0.15) is 0 Å². The van der Waals surface area contributed by atoms with E-state index in [-0.39, 0.29) is 18.2 Å². The summed E-state index contributed by atoms with van der Waals surface area (Å²) in [6, 6.07) is 20.3. The maximum absolute atomic E-state index is 13.2. The largest absolute Gasteiger partial charge is 0.497 e. The van der Waals surface area contributed by atoms with Crippen LogP contribution in [-0.2, 0) is 16.0 Å². The topological polar surface area (TPSA) is 80.2 Å². The van der Waals surface area contributed by atoms with Gasteiger partial charge in [-0.15, -0.1) is 0 Å². The summed E-state index contributed by atoms with van der Waals surface area (Å²) in [7, 11) is 3.20. The Hall–Kier alpha value is -3.85. The molecule has 1 fully saturated rings. The van der Waals surface area contributed by atoms with Crippen molar-refractivity contribution in [2.75, 3.05) is 26.1 Å². The van der Waals surface area contributed by atoms with Crippen molar-refractivity contribution in [3.63, 3.8) is 0 Å². The van der Waals surface area contributed by atoms with E-state index in [0.29, 0.717) is 35.3 Å². The van der Waals surface area contributed by atoms with Gasteiger partial charge in [0.05, 0.1) is 19.9 Å². The molecule has 1 unspecified atom stereocenters. The first kappa shape index (κ1) is 25.2. The Balaban J connectivity index is 1.54. The molecule has 1 atom stereocenters. The maximum Gasteiger partial charge on any atom is 0.238 e. The van der Waals surface area contributed by atoms with Crippen molar-refractivity contribution in [2.24, 2.45) is 4.99 Å². The Morgan fingerprint density at radius 3 is 2.22 bits per heavy atom. The number of aliphatic imine (C=N–C) groups is 1. The lowest BCUT2D eigenvalue weighted by molar-refractivity contribution is -0.129. The van der Waals surface area contributed by atoms with Gasteiger partial charge in [-0.3, -0.25) is 14.5 Å². The van der Waals surface area contributed by atoms with Crippen LogP contribution in [0.15, 0.2) is 77.8 Å². The van der Waals surface area contributed by atoms with E-state index in [1.807, 2.05) is 24.3 Å². The molecule has 36 heavy (non-hydrogen) atoms. The van der Waals surface area contributed by atoms with Gasteiger partial charge in [0.2, 0.25) is 11.8 Å². The van der Waals surface area contributed by atoms with E-state index in [4.69, 9.17) is 14.5 Å². The zero-order valence-electron chi connectivity index (χ0n) is 19.9. The summed E-state index contributed by atoms with van der Waals surface area (Å²) >= 11 is 1.24. The highest BCUT2D eigenvalue weighted by Crippen LogP contribution is 2.31. The van der Waals surface area contributed by atoms with Crippen molar-refractivity contribution < 1.29 is 23.5 Å². The van der Waals surface area contributed by atoms with Crippen molar-refractivity contribution in [1.29, 1.82) is 0 Å². The van der Waals surface area contributed by atoms with E-state index in [2.05, 4.69) is 5.32 Å². The van der Waals surface area contributed by atoms with E-state index in [0.717, 1.165) is 11.3 Å². The molecule has 2 amide bonds. The lowest BCUT2D eigenvalue weighted by Gasteiger charge is -2.32. The normalized spacial score (nSPS) is 16.6. The summed E-state index contributed by atoms with van der Waals surface area (Å²) in [6.07, 6.45) is 0.645. The first-order chi connectivity index (χ1) is 17.4. The van der Waals surface area contributed by atoms with Crippen LogP contribution >= 0.6 is 11.8 Å². The summed E-state index contributed by atoms with van der Waals surface area (Å²) in [6.45, 7) is 0.416. The summed E-state index contributed by atoms with van der Waals surface area (Å²) in [5, 5.41) is 2.54. The molecule has 186 valence electrons. The molecule has 1 saturated heterocycles. The Morgan fingerprint density at radius 2 is 1.61 bits per heavy atom. The highest BCUT2D eigenvalue weighted by atomic mass is 32.2. The second kappa shape index (κ2) is 11.7. The zero-order chi connectivity index (χ0) is 25.5. The molecule has 1 N–H and O–H groups in total. The number of ether oxygens (including phenoxy) is 2.